The number of imidazole rings is 1. The summed E-state index contributed by atoms with van der Waals surface area (Å²) in [7, 11) is 0. The molecule has 0 fully saturated rings. The van der Waals surface area contributed by atoms with E-state index in [1.165, 1.54) is 17.3 Å². The molecule has 0 aliphatic heterocycles. The summed E-state index contributed by atoms with van der Waals surface area (Å²) in [5.41, 5.74) is 5.75. The van der Waals surface area contributed by atoms with Crippen LogP contribution in [0.4, 0.5) is 0 Å². The van der Waals surface area contributed by atoms with Gasteiger partial charge in [0.2, 0.25) is 0 Å². The van der Waals surface area contributed by atoms with E-state index in [4.69, 9.17) is 4.98 Å². The summed E-state index contributed by atoms with van der Waals surface area (Å²) in [6.45, 7) is 0.705. The van der Waals surface area contributed by atoms with E-state index in [9.17, 15) is 4.79 Å². The number of thioether (sulfide) groups is 1. The molecule has 0 spiro atoms. The van der Waals surface area contributed by atoms with E-state index in [1.807, 2.05) is 48.5 Å². The van der Waals surface area contributed by atoms with Crippen molar-refractivity contribution in [2.24, 2.45) is 5.10 Å². The van der Waals surface area contributed by atoms with Crippen LogP contribution in [-0.2, 0) is 11.3 Å². The monoisotopic (exact) mass is 484 g/mol. The summed E-state index contributed by atoms with van der Waals surface area (Å²) < 4.78 is 3.17. The molecule has 146 valence electrons. The average molecular weight is 485 g/mol. The Bertz CT molecular complexity index is 1150. The molecule has 4 aromatic rings. The Morgan fingerprint density at radius 3 is 2.72 bits per heavy atom. The van der Waals surface area contributed by atoms with Crippen LogP contribution in [0.2, 0.25) is 0 Å². The molecule has 2 aromatic heterocycles. The maximum Gasteiger partial charge on any atom is 0.250 e. The van der Waals surface area contributed by atoms with Crippen molar-refractivity contribution in [1.29, 1.82) is 0 Å². The van der Waals surface area contributed by atoms with Gasteiger partial charge in [0.05, 0.1) is 33.3 Å². The second-order valence-electron chi connectivity index (χ2n) is 6.18. The molecule has 0 aliphatic carbocycles. The Hall–Kier alpha value is -2.42. The number of aromatic nitrogens is 2. The van der Waals surface area contributed by atoms with Gasteiger partial charge in [0.1, 0.15) is 0 Å². The molecule has 8 heteroatoms. The summed E-state index contributed by atoms with van der Waals surface area (Å²) in [4.78, 5) is 17.9. The molecular weight excluding hydrogens is 468 g/mol. The van der Waals surface area contributed by atoms with E-state index in [0.717, 1.165) is 24.9 Å². The normalized spacial score (nSPS) is 11.3. The minimum absolute atomic E-state index is 0.166. The second-order valence-corrected chi connectivity index (χ2v) is 9.62. The molecule has 1 amide bonds. The van der Waals surface area contributed by atoms with Crippen molar-refractivity contribution in [3.63, 3.8) is 0 Å². The number of hydrogen-bond acceptors (Lipinski definition) is 5. The van der Waals surface area contributed by atoms with E-state index >= 15 is 0 Å². The SMILES string of the molecule is O=C(CSc1nc2ccccc2n1Cc1ccccc1)N/N=C/c1ccc(Br)s1. The highest BCUT2D eigenvalue weighted by molar-refractivity contribution is 9.11. The van der Waals surface area contributed by atoms with Gasteiger partial charge in [0.25, 0.3) is 5.91 Å². The van der Waals surface area contributed by atoms with E-state index in [-0.39, 0.29) is 11.7 Å². The molecule has 2 heterocycles. The number of thiophene rings is 1. The summed E-state index contributed by atoms with van der Waals surface area (Å²) >= 11 is 6.37. The van der Waals surface area contributed by atoms with Gasteiger partial charge in [-0.15, -0.1) is 11.3 Å². The van der Waals surface area contributed by atoms with Gasteiger partial charge in [-0.2, -0.15) is 5.10 Å². The van der Waals surface area contributed by atoms with Gasteiger partial charge in [-0.1, -0.05) is 54.2 Å². The van der Waals surface area contributed by atoms with Crippen LogP contribution in [0.1, 0.15) is 10.4 Å². The van der Waals surface area contributed by atoms with E-state index in [2.05, 4.69) is 49.2 Å². The van der Waals surface area contributed by atoms with Crippen LogP contribution in [-0.4, -0.2) is 27.4 Å². The fraction of sp³-hybridized carbons (Fsp3) is 0.0952. The maximum absolute atomic E-state index is 12.2. The molecule has 0 saturated carbocycles. The third kappa shape index (κ3) is 5.14. The first-order valence-electron chi connectivity index (χ1n) is 8.88. The molecule has 2 aromatic carbocycles. The van der Waals surface area contributed by atoms with Crippen molar-refractivity contribution in [2.75, 3.05) is 5.75 Å². The lowest BCUT2D eigenvalue weighted by Gasteiger charge is -2.09. The fourth-order valence-corrected chi connectivity index (χ4v) is 4.91. The zero-order valence-electron chi connectivity index (χ0n) is 15.3. The van der Waals surface area contributed by atoms with Crippen molar-refractivity contribution >= 4 is 62.2 Å². The van der Waals surface area contributed by atoms with Crippen LogP contribution < -0.4 is 5.43 Å². The Morgan fingerprint density at radius 2 is 1.93 bits per heavy atom. The molecule has 0 radical (unpaired) electrons. The lowest BCUT2D eigenvalue weighted by Crippen LogP contribution is -2.20. The highest BCUT2D eigenvalue weighted by Gasteiger charge is 2.13. The number of amides is 1. The molecule has 29 heavy (non-hydrogen) atoms. The third-order valence-electron chi connectivity index (χ3n) is 4.11. The quantitative estimate of drug-likeness (QED) is 0.224. The number of hydrogen-bond donors (Lipinski definition) is 1. The first-order chi connectivity index (χ1) is 14.2. The molecule has 0 aliphatic rings. The largest absolute Gasteiger partial charge is 0.314 e. The number of nitrogens with one attached hydrogen (secondary N) is 1. The van der Waals surface area contributed by atoms with Crippen molar-refractivity contribution in [2.45, 2.75) is 11.7 Å². The lowest BCUT2D eigenvalue weighted by molar-refractivity contribution is -0.118. The molecule has 0 atom stereocenters. The molecule has 0 saturated heterocycles. The second kappa shape index (κ2) is 9.39. The summed E-state index contributed by atoms with van der Waals surface area (Å²) in [5.74, 6) is 0.0732. The summed E-state index contributed by atoms with van der Waals surface area (Å²) in [6.07, 6.45) is 1.64. The number of carbonyl (C=O) groups is 1. The molecule has 0 bridgehead atoms. The van der Waals surface area contributed by atoms with Crippen LogP contribution in [0, 0.1) is 0 Å². The number of rotatable bonds is 7. The predicted octanol–water partition coefficient (Wildman–Crippen LogP) is 5.15. The summed E-state index contributed by atoms with van der Waals surface area (Å²) in [5, 5.41) is 4.84. The highest BCUT2D eigenvalue weighted by atomic mass is 79.9. The van der Waals surface area contributed by atoms with Crippen molar-refractivity contribution in [1.82, 2.24) is 15.0 Å². The zero-order valence-corrected chi connectivity index (χ0v) is 18.5. The van der Waals surface area contributed by atoms with Crippen molar-refractivity contribution < 1.29 is 4.79 Å². The van der Waals surface area contributed by atoms with Crippen molar-refractivity contribution in [3.05, 3.63) is 81.0 Å². The van der Waals surface area contributed by atoms with Gasteiger partial charge in [-0.05, 0) is 45.8 Å². The van der Waals surface area contributed by atoms with Gasteiger partial charge in [-0.25, -0.2) is 10.4 Å². The number of carbonyl (C=O) groups excluding carboxylic acids is 1. The molecule has 5 nitrogen and oxygen atoms in total. The fourth-order valence-electron chi connectivity index (χ4n) is 2.81. The van der Waals surface area contributed by atoms with Crippen LogP contribution >= 0.6 is 39.0 Å². The average Bonchev–Trinajstić information content (AvgIpc) is 3.31. The van der Waals surface area contributed by atoms with Crippen LogP contribution in [0.3, 0.4) is 0 Å². The minimum Gasteiger partial charge on any atom is -0.314 e. The number of nitrogens with zero attached hydrogens (tertiary/aromatic N) is 3. The third-order valence-corrected chi connectivity index (χ3v) is 6.65. The maximum atomic E-state index is 12.2. The zero-order chi connectivity index (χ0) is 20.1. The standard InChI is InChI=1S/C21H17BrN4OS2/c22-19-11-10-16(29-19)12-23-25-20(27)14-28-21-24-17-8-4-5-9-18(17)26(21)13-15-6-2-1-3-7-15/h1-12H,13-14H2,(H,25,27)/b23-12+. The molecular formula is C21H17BrN4OS2. The molecule has 4 rings (SSSR count). The molecule has 1 N–H and O–H groups in total. The smallest absolute Gasteiger partial charge is 0.250 e. The van der Waals surface area contributed by atoms with Crippen LogP contribution in [0.15, 0.2) is 80.8 Å². The van der Waals surface area contributed by atoms with Gasteiger partial charge in [0.15, 0.2) is 5.16 Å². The van der Waals surface area contributed by atoms with E-state index < -0.39 is 0 Å². The van der Waals surface area contributed by atoms with Crippen molar-refractivity contribution in [3.8, 4) is 0 Å². The lowest BCUT2D eigenvalue weighted by atomic mass is 10.2. The Labute approximate surface area is 185 Å². The Morgan fingerprint density at radius 1 is 1.14 bits per heavy atom. The van der Waals surface area contributed by atoms with Gasteiger partial charge in [-0.3, -0.25) is 4.79 Å². The first-order valence-corrected chi connectivity index (χ1v) is 11.5. The number of fused-ring (bicyclic) bond motifs is 1. The topological polar surface area (TPSA) is 59.3 Å². The molecule has 0 unspecified atom stereocenters. The van der Waals surface area contributed by atoms with Crippen LogP contribution in [0.5, 0.6) is 0 Å². The van der Waals surface area contributed by atoms with Gasteiger partial charge >= 0.3 is 0 Å². The number of hydrazone groups is 1. The predicted molar refractivity (Wildman–Crippen MR) is 124 cm³/mol. The van der Waals surface area contributed by atoms with Crippen LogP contribution in [0.25, 0.3) is 11.0 Å². The van der Waals surface area contributed by atoms with Gasteiger partial charge in [0, 0.05) is 4.88 Å². The number of halogens is 1. The van der Waals surface area contributed by atoms with E-state index in [1.54, 1.807) is 17.6 Å². The van der Waals surface area contributed by atoms with E-state index in [0.29, 0.717) is 6.54 Å². The summed E-state index contributed by atoms with van der Waals surface area (Å²) in [6, 6.07) is 22.1. The number of para-hydroxylation sites is 2. The van der Waals surface area contributed by atoms with Gasteiger partial charge < -0.3 is 4.57 Å². The Kier molecular flexibility index (Phi) is 6.43. The highest BCUT2D eigenvalue weighted by Crippen LogP contribution is 2.25. The Balaban J connectivity index is 1.45. The number of benzene rings is 2. The first kappa shape index (κ1) is 19.9. The minimum atomic E-state index is -0.166.